The lowest BCUT2D eigenvalue weighted by atomic mass is 10.1. The van der Waals surface area contributed by atoms with E-state index in [0.29, 0.717) is 41.7 Å². The van der Waals surface area contributed by atoms with Gasteiger partial charge in [0.15, 0.2) is 5.82 Å². The van der Waals surface area contributed by atoms with Gasteiger partial charge in [-0.25, -0.2) is 4.98 Å². The molecule has 0 bridgehead atoms. The van der Waals surface area contributed by atoms with Crippen molar-refractivity contribution >= 4 is 5.82 Å². The fraction of sp³-hybridized carbons (Fsp3) is 0.500. The standard InChI is InChI=1S/C20H26F3N3O3/c1-5-7-8-11-28-19-15(6-2)25-17(18(24-3)26-19)14-10-9-13(12-16(14)27-4)29-20(21,22)23/h9-10,12H,5-8,11H2,1-4H3,(H,24,26). The summed E-state index contributed by atoms with van der Waals surface area (Å²) in [4.78, 5) is 9.18. The average Bonchev–Trinajstić information content (AvgIpc) is 2.69. The van der Waals surface area contributed by atoms with E-state index in [-0.39, 0.29) is 11.5 Å². The Hall–Kier alpha value is -2.71. The highest BCUT2D eigenvalue weighted by atomic mass is 19.4. The molecule has 1 heterocycles. The lowest BCUT2D eigenvalue weighted by molar-refractivity contribution is -0.274. The molecule has 0 saturated carbocycles. The van der Waals surface area contributed by atoms with Gasteiger partial charge in [0.05, 0.1) is 13.7 Å². The lowest BCUT2D eigenvalue weighted by Gasteiger charge is -2.17. The number of hydrogen-bond donors (Lipinski definition) is 1. The number of halogens is 3. The van der Waals surface area contributed by atoms with Crippen molar-refractivity contribution in [3.8, 4) is 28.6 Å². The molecule has 0 unspecified atom stereocenters. The van der Waals surface area contributed by atoms with Crippen molar-refractivity contribution < 1.29 is 27.4 Å². The van der Waals surface area contributed by atoms with Crippen LogP contribution in [0.5, 0.6) is 17.4 Å². The second-order valence-electron chi connectivity index (χ2n) is 6.24. The summed E-state index contributed by atoms with van der Waals surface area (Å²) in [7, 11) is 3.06. The summed E-state index contributed by atoms with van der Waals surface area (Å²) in [5.41, 5.74) is 1.61. The van der Waals surface area contributed by atoms with Crippen molar-refractivity contribution in [2.75, 3.05) is 26.1 Å². The Morgan fingerprint density at radius 2 is 1.86 bits per heavy atom. The second kappa shape index (κ2) is 10.2. The van der Waals surface area contributed by atoms with E-state index in [1.807, 2.05) is 6.92 Å². The maximum absolute atomic E-state index is 12.5. The number of ether oxygens (including phenoxy) is 3. The van der Waals surface area contributed by atoms with Gasteiger partial charge in [0.25, 0.3) is 0 Å². The van der Waals surface area contributed by atoms with Crippen LogP contribution < -0.4 is 19.5 Å². The van der Waals surface area contributed by atoms with Crippen LogP contribution in [0.15, 0.2) is 18.2 Å². The first kappa shape index (κ1) is 22.6. The molecule has 0 amide bonds. The van der Waals surface area contributed by atoms with Crippen LogP contribution in [0.2, 0.25) is 0 Å². The van der Waals surface area contributed by atoms with Gasteiger partial charge >= 0.3 is 6.36 Å². The number of nitrogens with one attached hydrogen (secondary N) is 1. The van der Waals surface area contributed by atoms with Crippen molar-refractivity contribution in [3.63, 3.8) is 0 Å². The highest BCUT2D eigenvalue weighted by molar-refractivity contribution is 5.77. The Bertz CT molecular complexity index is 814. The van der Waals surface area contributed by atoms with Crippen LogP contribution in [0.1, 0.15) is 38.8 Å². The van der Waals surface area contributed by atoms with E-state index < -0.39 is 6.36 Å². The van der Waals surface area contributed by atoms with E-state index >= 15 is 0 Å². The number of nitrogens with zero attached hydrogens (tertiary/aromatic N) is 2. The molecule has 0 spiro atoms. The van der Waals surface area contributed by atoms with Crippen molar-refractivity contribution in [3.05, 3.63) is 23.9 Å². The second-order valence-corrected chi connectivity index (χ2v) is 6.24. The Morgan fingerprint density at radius 3 is 2.45 bits per heavy atom. The first-order valence-corrected chi connectivity index (χ1v) is 9.48. The molecule has 160 valence electrons. The third-order valence-corrected chi connectivity index (χ3v) is 4.15. The van der Waals surface area contributed by atoms with Crippen LogP contribution in [0.25, 0.3) is 11.3 Å². The van der Waals surface area contributed by atoms with Crippen LogP contribution in [-0.2, 0) is 6.42 Å². The molecule has 2 aromatic rings. The number of unbranched alkanes of at least 4 members (excludes halogenated alkanes) is 2. The Kier molecular flexibility index (Phi) is 7.92. The third-order valence-electron chi connectivity index (χ3n) is 4.15. The van der Waals surface area contributed by atoms with Crippen molar-refractivity contribution in [2.45, 2.75) is 45.9 Å². The first-order valence-electron chi connectivity index (χ1n) is 9.48. The van der Waals surface area contributed by atoms with Crippen molar-refractivity contribution in [1.82, 2.24) is 9.97 Å². The number of anilines is 1. The molecule has 1 aromatic heterocycles. The van der Waals surface area contributed by atoms with Gasteiger partial charge < -0.3 is 19.5 Å². The van der Waals surface area contributed by atoms with Gasteiger partial charge in [-0.1, -0.05) is 26.7 Å². The molecule has 1 N–H and O–H groups in total. The molecule has 9 heteroatoms. The predicted octanol–water partition coefficient (Wildman–Crippen LogP) is 5.22. The van der Waals surface area contributed by atoms with Crippen molar-refractivity contribution in [1.29, 1.82) is 0 Å². The fourth-order valence-corrected chi connectivity index (χ4v) is 2.75. The summed E-state index contributed by atoms with van der Waals surface area (Å²) < 4.78 is 52.6. The zero-order chi connectivity index (χ0) is 21.4. The van der Waals surface area contributed by atoms with Gasteiger partial charge in [-0.05, 0) is 25.0 Å². The van der Waals surface area contributed by atoms with Crippen LogP contribution in [0, 0.1) is 0 Å². The number of aromatic nitrogens is 2. The number of aryl methyl sites for hydroxylation is 1. The number of methoxy groups -OCH3 is 1. The van der Waals surface area contributed by atoms with Crippen LogP contribution >= 0.6 is 0 Å². The predicted molar refractivity (Wildman–Crippen MR) is 105 cm³/mol. The minimum Gasteiger partial charge on any atom is -0.496 e. The number of rotatable bonds is 10. The molecule has 0 aliphatic heterocycles. The Morgan fingerprint density at radius 1 is 1.10 bits per heavy atom. The van der Waals surface area contributed by atoms with E-state index in [1.165, 1.54) is 25.3 Å². The summed E-state index contributed by atoms with van der Waals surface area (Å²) in [5, 5.41) is 2.97. The highest BCUT2D eigenvalue weighted by Crippen LogP contribution is 2.38. The zero-order valence-electron chi connectivity index (χ0n) is 17.0. The Labute approximate surface area is 168 Å². The zero-order valence-corrected chi connectivity index (χ0v) is 17.0. The van der Waals surface area contributed by atoms with Gasteiger partial charge in [0, 0.05) is 18.7 Å². The molecular formula is C20H26F3N3O3. The SMILES string of the molecule is CCCCCOc1nc(NC)c(-c2ccc(OC(F)(F)F)cc2OC)nc1CC. The average molecular weight is 413 g/mol. The Balaban J connectivity index is 2.42. The van der Waals surface area contributed by atoms with Gasteiger partial charge in [0.1, 0.15) is 22.9 Å². The van der Waals surface area contributed by atoms with E-state index in [2.05, 4.69) is 26.9 Å². The molecule has 6 nitrogen and oxygen atoms in total. The summed E-state index contributed by atoms with van der Waals surface area (Å²) in [6, 6.07) is 3.85. The summed E-state index contributed by atoms with van der Waals surface area (Å²) in [6.07, 6.45) is -1.12. The minimum absolute atomic E-state index is 0.191. The van der Waals surface area contributed by atoms with E-state index in [1.54, 1.807) is 7.05 Å². The molecule has 0 radical (unpaired) electrons. The maximum Gasteiger partial charge on any atom is 0.573 e. The van der Waals surface area contributed by atoms with E-state index in [9.17, 15) is 13.2 Å². The highest BCUT2D eigenvalue weighted by Gasteiger charge is 2.31. The normalized spacial score (nSPS) is 11.3. The molecule has 0 aliphatic rings. The van der Waals surface area contributed by atoms with Gasteiger partial charge in [-0.2, -0.15) is 4.98 Å². The lowest BCUT2D eigenvalue weighted by Crippen LogP contribution is -2.17. The monoisotopic (exact) mass is 413 g/mol. The molecular weight excluding hydrogens is 387 g/mol. The number of hydrogen-bond acceptors (Lipinski definition) is 6. The number of benzene rings is 1. The maximum atomic E-state index is 12.5. The minimum atomic E-state index is -4.78. The summed E-state index contributed by atoms with van der Waals surface area (Å²) >= 11 is 0. The molecule has 0 aliphatic carbocycles. The van der Waals surface area contributed by atoms with Crippen LogP contribution in [0.3, 0.4) is 0 Å². The summed E-state index contributed by atoms with van der Waals surface area (Å²) in [6.45, 7) is 4.59. The molecule has 2 rings (SSSR count). The summed E-state index contributed by atoms with van der Waals surface area (Å²) in [5.74, 6) is 0.711. The van der Waals surface area contributed by atoms with Gasteiger partial charge in [-0.3, -0.25) is 0 Å². The van der Waals surface area contributed by atoms with Crippen LogP contribution in [0.4, 0.5) is 19.0 Å². The van der Waals surface area contributed by atoms with E-state index in [0.717, 1.165) is 19.3 Å². The largest absolute Gasteiger partial charge is 0.573 e. The molecule has 0 atom stereocenters. The molecule has 0 fully saturated rings. The number of alkyl halides is 3. The van der Waals surface area contributed by atoms with Crippen molar-refractivity contribution in [2.24, 2.45) is 0 Å². The fourth-order valence-electron chi connectivity index (χ4n) is 2.75. The van der Waals surface area contributed by atoms with Gasteiger partial charge in [-0.15, -0.1) is 13.2 Å². The quantitative estimate of drug-likeness (QED) is 0.539. The molecule has 0 saturated heterocycles. The van der Waals surface area contributed by atoms with Crippen LogP contribution in [-0.4, -0.2) is 37.1 Å². The third kappa shape index (κ3) is 6.13. The van der Waals surface area contributed by atoms with E-state index in [4.69, 9.17) is 9.47 Å². The molecule has 1 aromatic carbocycles. The smallest absolute Gasteiger partial charge is 0.496 e. The van der Waals surface area contributed by atoms with Gasteiger partial charge in [0.2, 0.25) is 5.88 Å². The topological polar surface area (TPSA) is 65.5 Å². The molecule has 29 heavy (non-hydrogen) atoms. The first-order chi connectivity index (χ1) is 13.8.